The molecule has 0 aromatic carbocycles. The van der Waals surface area contributed by atoms with Gasteiger partial charge in [0.1, 0.15) is 0 Å². The normalized spacial score (nSPS) is 25.4. The smallest absolute Gasteiger partial charge is 0.0434 e. The molecule has 0 aromatic rings. The van der Waals surface area contributed by atoms with Crippen molar-refractivity contribution in [3.05, 3.63) is 10.6 Å². The Labute approximate surface area is 95.5 Å². The lowest BCUT2D eigenvalue weighted by atomic mass is 9.95. The van der Waals surface area contributed by atoms with Gasteiger partial charge in [-0.3, -0.25) is 4.90 Å². The van der Waals surface area contributed by atoms with Gasteiger partial charge in [0.05, 0.1) is 0 Å². The summed E-state index contributed by atoms with van der Waals surface area (Å²) in [7, 11) is 0. The van der Waals surface area contributed by atoms with Gasteiger partial charge in [0.2, 0.25) is 0 Å². The minimum absolute atomic E-state index is 0.289. The molecular weight excluding hydrogens is 221 g/mol. The van der Waals surface area contributed by atoms with Gasteiger partial charge in [-0.05, 0) is 31.7 Å². The lowest BCUT2D eigenvalue weighted by molar-refractivity contribution is 0.158. The summed E-state index contributed by atoms with van der Waals surface area (Å²) in [6.45, 7) is 3.15. The number of likely N-dealkylation sites (tertiary alicyclic amines) is 1. The van der Waals surface area contributed by atoms with Crippen LogP contribution in [0.1, 0.15) is 19.3 Å². The van der Waals surface area contributed by atoms with Crippen LogP contribution in [-0.4, -0.2) is 36.2 Å². The van der Waals surface area contributed by atoms with Crippen molar-refractivity contribution in [2.24, 2.45) is 5.92 Å². The summed E-state index contributed by atoms with van der Waals surface area (Å²) in [6, 6.07) is 0. The molecule has 0 amide bonds. The summed E-state index contributed by atoms with van der Waals surface area (Å²) in [5.41, 5.74) is 1.43. The van der Waals surface area contributed by atoms with Gasteiger partial charge in [0, 0.05) is 30.3 Å². The van der Waals surface area contributed by atoms with E-state index in [4.69, 9.17) is 28.3 Å². The second kappa shape index (κ2) is 6.67. The van der Waals surface area contributed by atoms with Crippen LogP contribution in [0.15, 0.2) is 10.6 Å². The molecule has 0 aliphatic carbocycles. The van der Waals surface area contributed by atoms with Crippen molar-refractivity contribution < 1.29 is 5.11 Å². The van der Waals surface area contributed by atoms with Gasteiger partial charge in [-0.15, -0.1) is 0 Å². The van der Waals surface area contributed by atoms with E-state index in [-0.39, 0.29) is 6.61 Å². The van der Waals surface area contributed by atoms with Gasteiger partial charge in [-0.25, -0.2) is 0 Å². The first-order valence-electron chi connectivity index (χ1n) is 5.04. The van der Waals surface area contributed by atoms with Crippen molar-refractivity contribution in [3.8, 4) is 0 Å². The van der Waals surface area contributed by atoms with E-state index in [0.29, 0.717) is 11.0 Å². The molecule has 1 fully saturated rings. The van der Waals surface area contributed by atoms with Gasteiger partial charge >= 0.3 is 0 Å². The molecule has 4 heteroatoms. The van der Waals surface area contributed by atoms with Gasteiger partial charge in [-0.1, -0.05) is 23.2 Å². The second-order valence-electron chi connectivity index (χ2n) is 3.81. The molecule has 0 bridgehead atoms. The monoisotopic (exact) mass is 237 g/mol. The van der Waals surface area contributed by atoms with Crippen molar-refractivity contribution in [2.45, 2.75) is 19.3 Å². The number of halogens is 2. The molecule has 1 unspecified atom stereocenters. The highest BCUT2D eigenvalue weighted by atomic mass is 35.5. The Balaban J connectivity index is 2.32. The number of hydrogen-bond donors (Lipinski definition) is 1. The van der Waals surface area contributed by atoms with E-state index in [0.717, 1.165) is 26.1 Å². The van der Waals surface area contributed by atoms with Crippen LogP contribution in [0.3, 0.4) is 0 Å². The lowest BCUT2D eigenvalue weighted by Crippen LogP contribution is -2.36. The minimum Gasteiger partial charge on any atom is -0.396 e. The van der Waals surface area contributed by atoms with Crippen LogP contribution in [-0.2, 0) is 0 Å². The maximum atomic E-state index is 8.86. The Hall–Kier alpha value is 0.240. The Morgan fingerprint density at radius 3 is 3.00 bits per heavy atom. The maximum absolute atomic E-state index is 8.86. The summed E-state index contributed by atoms with van der Waals surface area (Å²) in [4.78, 5) is 2.30. The topological polar surface area (TPSA) is 23.5 Å². The first-order valence-corrected chi connectivity index (χ1v) is 5.85. The van der Waals surface area contributed by atoms with Crippen LogP contribution in [0, 0.1) is 5.92 Å². The van der Waals surface area contributed by atoms with Crippen LogP contribution in [0.25, 0.3) is 0 Å². The zero-order valence-corrected chi connectivity index (χ0v) is 9.77. The Kier molecular flexibility index (Phi) is 5.87. The molecule has 0 radical (unpaired) electrons. The van der Waals surface area contributed by atoms with E-state index < -0.39 is 0 Å². The zero-order chi connectivity index (χ0) is 10.4. The van der Waals surface area contributed by atoms with Gasteiger partial charge in [0.25, 0.3) is 0 Å². The Morgan fingerprint density at radius 2 is 2.36 bits per heavy atom. The molecule has 1 saturated heterocycles. The van der Waals surface area contributed by atoms with Crippen molar-refractivity contribution >= 4 is 23.2 Å². The third-order valence-electron chi connectivity index (χ3n) is 2.63. The summed E-state index contributed by atoms with van der Waals surface area (Å²) < 4.78 is 0. The number of piperidine rings is 1. The number of nitrogens with zero attached hydrogens (tertiary/aromatic N) is 1. The first kappa shape index (κ1) is 12.3. The molecule has 1 aliphatic heterocycles. The maximum Gasteiger partial charge on any atom is 0.0434 e. The zero-order valence-electron chi connectivity index (χ0n) is 8.25. The van der Waals surface area contributed by atoms with Crippen LogP contribution in [0.2, 0.25) is 0 Å². The number of hydrogen-bond acceptors (Lipinski definition) is 2. The van der Waals surface area contributed by atoms with Crippen molar-refractivity contribution in [2.75, 3.05) is 26.2 Å². The fourth-order valence-corrected chi connectivity index (χ4v) is 2.20. The van der Waals surface area contributed by atoms with Gasteiger partial charge in [0.15, 0.2) is 0 Å². The number of aliphatic hydroxyl groups excluding tert-OH is 1. The molecule has 1 aliphatic rings. The molecule has 1 heterocycles. The highest BCUT2D eigenvalue weighted by Gasteiger charge is 2.19. The molecular formula is C10H17Cl2NO. The Bertz CT molecular complexity index is 195. The van der Waals surface area contributed by atoms with Crippen molar-refractivity contribution in [1.29, 1.82) is 0 Å². The fourth-order valence-electron chi connectivity index (χ4n) is 1.96. The summed E-state index contributed by atoms with van der Waals surface area (Å²) in [5, 5.41) is 9.55. The quantitative estimate of drug-likeness (QED) is 0.812. The Morgan fingerprint density at radius 1 is 1.57 bits per heavy atom. The van der Waals surface area contributed by atoms with Gasteiger partial charge < -0.3 is 5.11 Å². The summed E-state index contributed by atoms with van der Waals surface area (Å²) in [5.74, 6) is 0.619. The minimum atomic E-state index is 0.289. The molecule has 1 atom stereocenters. The van der Waals surface area contributed by atoms with Crippen LogP contribution in [0.4, 0.5) is 0 Å². The molecule has 2 nitrogen and oxygen atoms in total. The standard InChI is InChI=1S/C10H17Cl2NO/c11-6-10(12)8-13-4-1-2-9(7-13)3-5-14/h6,9,14H,1-5,7-8H2. The summed E-state index contributed by atoms with van der Waals surface area (Å²) in [6.07, 6.45) is 3.31. The molecule has 14 heavy (non-hydrogen) atoms. The highest BCUT2D eigenvalue weighted by Crippen LogP contribution is 2.20. The average Bonchev–Trinajstić information content (AvgIpc) is 2.19. The second-order valence-corrected chi connectivity index (χ2v) is 4.52. The molecule has 1 rings (SSSR count). The number of aliphatic hydroxyl groups is 1. The van der Waals surface area contributed by atoms with Crippen molar-refractivity contribution in [3.63, 3.8) is 0 Å². The molecule has 1 N–H and O–H groups in total. The van der Waals surface area contributed by atoms with E-state index in [1.807, 2.05) is 0 Å². The van der Waals surface area contributed by atoms with Gasteiger partial charge in [-0.2, -0.15) is 0 Å². The largest absolute Gasteiger partial charge is 0.396 e. The van der Waals surface area contributed by atoms with E-state index in [1.54, 1.807) is 0 Å². The van der Waals surface area contributed by atoms with Crippen LogP contribution >= 0.6 is 23.2 Å². The molecule has 0 saturated carbocycles. The van der Waals surface area contributed by atoms with Crippen molar-refractivity contribution in [1.82, 2.24) is 4.90 Å². The molecule has 82 valence electrons. The average molecular weight is 238 g/mol. The van der Waals surface area contributed by atoms with E-state index >= 15 is 0 Å². The molecule has 0 spiro atoms. The molecule has 0 aromatic heterocycles. The predicted octanol–water partition coefficient (Wildman–Crippen LogP) is 2.40. The predicted molar refractivity (Wildman–Crippen MR) is 60.7 cm³/mol. The number of rotatable bonds is 4. The SMILES string of the molecule is OCCC1CCCN(CC(Cl)=CCl)C1. The third-order valence-corrected chi connectivity index (χ3v) is 3.24. The van der Waals surface area contributed by atoms with Crippen LogP contribution < -0.4 is 0 Å². The fraction of sp³-hybridized carbons (Fsp3) is 0.800. The lowest BCUT2D eigenvalue weighted by Gasteiger charge is -2.32. The third kappa shape index (κ3) is 4.18. The van der Waals surface area contributed by atoms with Crippen LogP contribution in [0.5, 0.6) is 0 Å². The van der Waals surface area contributed by atoms with E-state index in [2.05, 4.69) is 4.90 Å². The summed E-state index contributed by atoms with van der Waals surface area (Å²) >= 11 is 11.4. The first-order chi connectivity index (χ1) is 6.76. The van der Waals surface area contributed by atoms with E-state index in [1.165, 1.54) is 18.4 Å². The van der Waals surface area contributed by atoms with E-state index in [9.17, 15) is 0 Å². The highest BCUT2D eigenvalue weighted by molar-refractivity contribution is 6.36.